The lowest BCUT2D eigenvalue weighted by atomic mass is 9.74. The van der Waals surface area contributed by atoms with Crippen LogP contribution in [0.1, 0.15) is 51.5 Å². The van der Waals surface area contributed by atoms with Gasteiger partial charge in [0.25, 0.3) is 0 Å². The number of nitrogens with one attached hydrogen (secondary N) is 1. The Morgan fingerprint density at radius 2 is 2.05 bits per heavy atom. The van der Waals surface area contributed by atoms with Gasteiger partial charge in [-0.15, -0.1) is 0 Å². The molecule has 4 unspecified atom stereocenters. The molecule has 0 amide bonds. The van der Waals surface area contributed by atoms with Crippen molar-refractivity contribution in [2.45, 2.75) is 64.5 Å². The molecule has 1 N–H and O–H groups in total. The Hall–Kier alpha value is -1.02. The fourth-order valence-corrected chi connectivity index (χ4v) is 4.25. The van der Waals surface area contributed by atoms with Crippen LogP contribution in [0.15, 0.2) is 24.3 Å². The van der Waals surface area contributed by atoms with Gasteiger partial charge in [0.1, 0.15) is 11.9 Å². The van der Waals surface area contributed by atoms with Crippen molar-refractivity contribution in [2.24, 2.45) is 11.8 Å². The highest BCUT2D eigenvalue weighted by molar-refractivity contribution is 5.37. The maximum Gasteiger partial charge on any atom is 0.123 e. The zero-order valence-electron chi connectivity index (χ0n) is 13.5. The molecule has 1 aliphatic heterocycles. The highest BCUT2D eigenvalue weighted by Gasteiger charge is 2.33. The summed E-state index contributed by atoms with van der Waals surface area (Å²) in [6.07, 6.45) is 8.16. The molecule has 1 fully saturated rings. The molecule has 0 bridgehead atoms. The molecular weight excluding hydrogens is 258 g/mol. The molecule has 2 nitrogen and oxygen atoms in total. The van der Waals surface area contributed by atoms with Gasteiger partial charge in [-0.2, -0.15) is 0 Å². The first-order valence-corrected chi connectivity index (χ1v) is 8.78. The maximum absolute atomic E-state index is 6.18. The van der Waals surface area contributed by atoms with Gasteiger partial charge in [0.15, 0.2) is 0 Å². The van der Waals surface area contributed by atoms with Crippen molar-refractivity contribution in [3.63, 3.8) is 0 Å². The molecule has 4 atom stereocenters. The first-order chi connectivity index (χ1) is 10.3. The van der Waals surface area contributed by atoms with E-state index in [2.05, 4.69) is 43.4 Å². The van der Waals surface area contributed by atoms with E-state index in [1.165, 1.54) is 37.7 Å². The topological polar surface area (TPSA) is 21.3 Å². The van der Waals surface area contributed by atoms with Crippen molar-refractivity contribution >= 4 is 0 Å². The van der Waals surface area contributed by atoms with Crippen LogP contribution in [0.5, 0.6) is 5.75 Å². The second kappa shape index (κ2) is 6.83. The molecule has 1 heterocycles. The molecule has 1 aromatic carbocycles. The van der Waals surface area contributed by atoms with Gasteiger partial charge in [-0.1, -0.05) is 38.5 Å². The van der Waals surface area contributed by atoms with Crippen LogP contribution in [0.2, 0.25) is 0 Å². The summed E-state index contributed by atoms with van der Waals surface area (Å²) >= 11 is 0. The first-order valence-electron chi connectivity index (χ1n) is 8.78. The number of para-hydroxylation sites is 1. The van der Waals surface area contributed by atoms with E-state index in [0.29, 0.717) is 12.1 Å². The minimum atomic E-state index is 0.393. The van der Waals surface area contributed by atoms with Crippen LogP contribution in [-0.4, -0.2) is 18.7 Å². The number of rotatable bonds is 5. The Bertz CT molecular complexity index is 434. The first kappa shape index (κ1) is 14.9. The Kier molecular flexibility index (Phi) is 4.84. The van der Waals surface area contributed by atoms with Crippen LogP contribution in [0.3, 0.4) is 0 Å². The third kappa shape index (κ3) is 3.42. The monoisotopic (exact) mass is 287 g/mol. The van der Waals surface area contributed by atoms with Gasteiger partial charge in [0, 0.05) is 12.5 Å². The van der Waals surface area contributed by atoms with E-state index in [0.717, 1.165) is 30.6 Å². The Morgan fingerprint density at radius 3 is 2.81 bits per heavy atom. The van der Waals surface area contributed by atoms with Gasteiger partial charge in [0.05, 0.1) is 0 Å². The van der Waals surface area contributed by atoms with Crippen molar-refractivity contribution in [2.75, 3.05) is 6.54 Å². The Labute approximate surface area is 129 Å². The van der Waals surface area contributed by atoms with Gasteiger partial charge in [-0.25, -0.2) is 0 Å². The molecule has 0 spiro atoms. The van der Waals surface area contributed by atoms with Crippen molar-refractivity contribution in [1.82, 2.24) is 5.32 Å². The van der Waals surface area contributed by atoms with Gasteiger partial charge >= 0.3 is 0 Å². The van der Waals surface area contributed by atoms with Crippen molar-refractivity contribution in [3.8, 4) is 5.75 Å². The van der Waals surface area contributed by atoms with Crippen LogP contribution in [-0.2, 0) is 6.42 Å². The van der Waals surface area contributed by atoms with Crippen LogP contribution in [0.4, 0.5) is 0 Å². The number of benzene rings is 1. The summed E-state index contributed by atoms with van der Waals surface area (Å²) in [5.41, 5.74) is 1.39. The number of hydrogen-bond donors (Lipinski definition) is 1. The minimum absolute atomic E-state index is 0.393. The third-order valence-electron chi connectivity index (χ3n) is 5.41. The third-order valence-corrected chi connectivity index (χ3v) is 5.41. The summed E-state index contributed by atoms with van der Waals surface area (Å²) in [6, 6.07) is 9.24. The largest absolute Gasteiger partial charge is 0.490 e. The summed E-state index contributed by atoms with van der Waals surface area (Å²) in [6.45, 7) is 5.66. The molecule has 0 radical (unpaired) electrons. The van der Waals surface area contributed by atoms with E-state index in [1.807, 2.05) is 0 Å². The average Bonchev–Trinajstić information content (AvgIpc) is 2.91. The van der Waals surface area contributed by atoms with Crippen LogP contribution < -0.4 is 10.1 Å². The molecule has 0 saturated heterocycles. The standard InChI is InChI=1S/C19H29NO/c1-3-14-9-10-18(20-4-2)16(11-14)13-17-12-15-7-5-6-8-19(15)21-17/h5-8,14,16-18,20H,3-4,9-13H2,1-2H3. The van der Waals surface area contributed by atoms with E-state index in [4.69, 9.17) is 4.74 Å². The predicted molar refractivity (Wildman–Crippen MR) is 87.8 cm³/mol. The zero-order chi connectivity index (χ0) is 14.7. The molecule has 21 heavy (non-hydrogen) atoms. The van der Waals surface area contributed by atoms with Gasteiger partial charge < -0.3 is 10.1 Å². The van der Waals surface area contributed by atoms with Crippen molar-refractivity contribution in [3.05, 3.63) is 29.8 Å². The second-order valence-corrected chi connectivity index (χ2v) is 6.80. The summed E-state index contributed by atoms with van der Waals surface area (Å²) in [5.74, 6) is 2.82. The summed E-state index contributed by atoms with van der Waals surface area (Å²) in [4.78, 5) is 0. The average molecular weight is 287 g/mol. The molecule has 1 aliphatic carbocycles. The van der Waals surface area contributed by atoms with Crippen LogP contribution in [0, 0.1) is 11.8 Å². The predicted octanol–water partition coefficient (Wildman–Crippen LogP) is 4.18. The molecule has 0 aromatic heterocycles. The lowest BCUT2D eigenvalue weighted by Crippen LogP contribution is -2.42. The Balaban J connectivity index is 1.62. The van der Waals surface area contributed by atoms with Crippen LogP contribution in [0.25, 0.3) is 0 Å². The van der Waals surface area contributed by atoms with E-state index >= 15 is 0 Å². The molecule has 3 rings (SSSR count). The van der Waals surface area contributed by atoms with Gasteiger partial charge in [0.2, 0.25) is 0 Å². The molecule has 1 aromatic rings. The van der Waals surface area contributed by atoms with Crippen molar-refractivity contribution in [1.29, 1.82) is 0 Å². The number of hydrogen-bond acceptors (Lipinski definition) is 2. The number of ether oxygens (including phenoxy) is 1. The second-order valence-electron chi connectivity index (χ2n) is 6.80. The fourth-order valence-electron chi connectivity index (χ4n) is 4.25. The smallest absolute Gasteiger partial charge is 0.123 e. The lowest BCUT2D eigenvalue weighted by Gasteiger charge is -2.37. The summed E-state index contributed by atoms with van der Waals surface area (Å²) in [7, 11) is 0. The minimum Gasteiger partial charge on any atom is -0.490 e. The molecule has 1 saturated carbocycles. The van der Waals surface area contributed by atoms with E-state index < -0.39 is 0 Å². The zero-order valence-corrected chi connectivity index (χ0v) is 13.5. The quantitative estimate of drug-likeness (QED) is 0.877. The number of fused-ring (bicyclic) bond motifs is 1. The molecule has 2 aliphatic rings. The molecular formula is C19H29NO. The highest BCUT2D eigenvalue weighted by Crippen LogP contribution is 2.37. The van der Waals surface area contributed by atoms with E-state index in [-0.39, 0.29) is 0 Å². The van der Waals surface area contributed by atoms with E-state index in [1.54, 1.807) is 0 Å². The summed E-state index contributed by atoms with van der Waals surface area (Å²) < 4.78 is 6.18. The van der Waals surface area contributed by atoms with Gasteiger partial charge in [-0.3, -0.25) is 0 Å². The highest BCUT2D eigenvalue weighted by atomic mass is 16.5. The molecule has 116 valence electrons. The summed E-state index contributed by atoms with van der Waals surface area (Å²) in [5, 5.41) is 3.72. The Morgan fingerprint density at radius 1 is 1.19 bits per heavy atom. The normalized spacial score (nSPS) is 31.7. The van der Waals surface area contributed by atoms with Crippen molar-refractivity contribution < 1.29 is 4.74 Å². The molecule has 2 heteroatoms. The lowest BCUT2D eigenvalue weighted by molar-refractivity contribution is 0.129. The van der Waals surface area contributed by atoms with Crippen LogP contribution >= 0.6 is 0 Å². The fraction of sp³-hybridized carbons (Fsp3) is 0.684. The SMILES string of the molecule is CCNC1CCC(CC)CC1CC1Cc2ccccc2O1. The van der Waals surface area contributed by atoms with Gasteiger partial charge in [-0.05, 0) is 55.7 Å². The maximum atomic E-state index is 6.18. The van der Waals surface area contributed by atoms with E-state index in [9.17, 15) is 0 Å².